The lowest BCUT2D eigenvalue weighted by Crippen LogP contribution is -2.41. The fourth-order valence-corrected chi connectivity index (χ4v) is 1.78. The molecule has 0 bridgehead atoms. The van der Waals surface area contributed by atoms with Crippen LogP contribution in [0, 0.1) is 5.92 Å². The van der Waals surface area contributed by atoms with Gasteiger partial charge in [-0.3, -0.25) is 4.79 Å². The van der Waals surface area contributed by atoms with E-state index in [1.165, 1.54) is 18.2 Å². The Balaban J connectivity index is 3.06. The molecule has 0 heterocycles. The van der Waals surface area contributed by atoms with Gasteiger partial charge in [0.05, 0.1) is 11.3 Å². The molecule has 1 amide bonds. The van der Waals surface area contributed by atoms with Crippen LogP contribution in [0.5, 0.6) is 5.75 Å². The number of para-hydroxylation sites is 1. The summed E-state index contributed by atoms with van der Waals surface area (Å²) in [7, 11) is 0. The van der Waals surface area contributed by atoms with Crippen molar-refractivity contribution in [1.29, 1.82) is 0 Å². The van der Waals surface area contributed by atoms with Crippen LogP contribution >= 0.6 is 0 Å². The number of hydrogen-bond acceptors (Lipinski definition) is 3. The molecule has 0 radical (unpaired) electrons. The van der Waals surface area contributed by atoms with Crippen LogP contribution < -0.4 is 5.73 Å². The third-order valence-corrected chi connectivity index (χ3v) is 2.54. The molecule has 1 rings (SSSR count). The molecule has 0 aliphatic carbocycles. The van der Waals surface area contributed by atoms with Gasteiger partial charge in [0.2, 0.25) is 0 Å². The Kier molecular flexibility index (Phi) is 4.86. The zero-order valence-corrected chi connectivity index (χ0v) is 11.2. The Bertz CT molecular complexity index is 487. The van der Waals surface area contributed by atoms with Crippen molar-refractivity contribution in [2.24, 2.45) is 5.92 Å². The van der Waals surface area contributed by atoms with Crippen molar-refractivity contribution >= 4 is 11.6 Å². The normalized spacial score (nSPS) is 11.7. The number of hydrogen-bond donors (Lipinski definition) is 2. The first kappa shape index (κ1) is 16.1. The molecule has 0 aliphatic heterocycles. The molecule has 0 unspecified atom stereocenters. The molecular formula is C13H17F3N2O2. The van der Waals surface area contributed by atoms with Gasteiger partial charge in [-0.05, 0) is 18.1 Å². The van der Waals surface area contributed by atoms with Gasteiger partial charge in [0, 0.05) is 6.54 Å². The molecule has 3 N–H and O–H groups in total. The van der Waals surface area contributed by atoms with E-state index in [2.05, 4.69) is 0 Å². The highest BCUT2D eigenvalue weighted by molar-refractivity contribution is 5.98. The van der Waals surface area contributed by atoms with Crippen LogP contribution in [0.1, 0.15) is 24.2 Å². The minimum Gasteiger partial charge on any atom is -0.505 e. The largest absolute Gasteiger partial charge is 0.505 e. The van der Waals surface area contributed by atoms with E-state index >= 15 is 0 Å². The number of nitrogens with two attached hydrogens (primary N) is 1. The van der Waals surface area contributed by atoms with Crippen molar-refractivity contribution in [1.82, 2.24) is 4.90 Å². The molecule has 0 aliphatic rings. The maximum Gasteiger partial charge on any atom is 0.406 e. The number of carbonyl (C=O) groups is 1. The number of carbonyl (C=O) groups excluding carboxylic acids is 1. The van der Waals surface area contributed by atoms with Crippen molar-refractivity contribution in [3.05, 3.63) is 23.8 Å². The van der Waals surface area contributed by atoms with E-state index in [1.54, 1.807) is 13.8 Å². The van der Waals surface area contributed by atoms with Crippen molar-refractivity contribution in [2.45, 2.75) is 20.0 Å². The van der Waals surface area contributed by atoms with Crippen LogP contribution in [0.15, 0.2) is 18.2 Å². The van der Waals surface area contributed by atoms with Gasteiger partial charge >= 0.3 is 6.18 Å². The number of halogens is 3. The van der Waals surface area contributed by atoms with Crippen molar-refractivity contribution in [3.8, 4) is 5.75 Å². The predicted molar refractivity (Wildman–Crippen MR) is 69.3 cm³/mol. The molecule has 0 saturated carbocycles. The molecule has 0 aromatic heterocycles. The lowest BCUT2D eigenvalue weighted by Gasteiger charge is -2.26. The van der Waals surface area contributed by atoms with Crippen LogP contribution in [-0.2, 0) is 0 Å². The Morgan fingerprint density at radius 2 is 2.00 bits per heavy atom. The minimum absolute atomic E-state index is 0.0487. The second-order valence-electron chi connectivity index (χ2n) is 4.94. The van der Waals surface area contributed by atoms with Crippen LogP contribution in [0.2, 0.25) is 0 Å². The summed E-state index contributed by atoms with van der Waals surface area (Å²) in [4.78, 5) is 12.8. The molecule has 7 heteroatoms. The Morgan fingerprint density at radius 1 is 1.40 bits per heavy atom. The molecule has 0 atom stereocenters. The first-order valence-corrected chi connectivity index (χ1v) is 6.05. The van der Waals surface area contributed by atoms with Crippen LogP contribution in [0.25, 0.3) is 0 Å². The fraction of sp³-hybridized carbons (Fsp3) is 0.462. The number of phenolic OH excluding ortho intramolecular Hbond substituents is 1. The summed E-state index contributed by atoms with van der Waals surface area (Å²) in [5.41, 5.74) is 5.17. The number of rotatable bonds is 4. The minimum atomic E-state index is -4.50. The smallest absolute Gasteiger partial charge is 0.406 e. The molecule has 20 heavy (non-hydrogen) atoms. The number of phenols is 1. The fourth-order valence-electron chi connectivity index (χ4n) is 1.78. The van der Waals surface area contributed by atoms with Gasteiger partial charge in [-0.25, -0.2) is 0 Å². The van der Waals surface area contributed by atoms with Crippen molar-refractivity contribution in [2.75, 3.05) is 18.8 Å². The second kappa shape index (κ2) is 6.02. The maximum absolute atomic E-state index is 12.5. The number of alkyl halides is 3. The Morgan fingerprint density at radius 3 is 2.50 bits per heavy atom. The second-order valence-corrected chi connectivity index (χ2v) is 4.94. The maximum atomic E-state index is 12.5. The van der Waals surface area contributed by atoms with Crippen molar-refractivity contribution < 1.29 is 23.1 Å². The molecule has 1 aromatic carbocycles. The van der Waals surface area contributed by atoms with E-state index in [9.17, 15) is 23.1 Å². The molecule has 112 valence electrons. The number of anilines is 1. The summed E-state index contributed by atoms with van der Waals surface area (Å²) >= 11 is 0. The molecular weight excluding hydrogens is 273 g/mol. The third kappa shape index (κ3) is 4.32. The van der Waals surface area contributed by atoms with E-state index in [4.69, 9.17) is 5.73 Å². The molecule has 0 fully saturated rings. The van der Waals surface area contributed by atoms with E-state index < -0.39 is 24.4 Å². The molecule has 0 spiro atoms. The number of nitrogen functional groups attached to an aromatic ring is 1. The van der Waals surface area contributed by atoms with E-state index in [0.717, 1.165) is 0 Å². The Labute approximate surface area is 115 Å². The highest BCUT2D eigenvalue weighted by Gasteiger charge is 2.34. The van der Waals surface area contributed by atoms with Gasteiger partial charge < -0.3 is 15.7 Å². The van der Waals surface area contributed by atoms with Crippen LogP contribution in [-0.4, -0.2) is 35.2 Å². The highest BCUT2D eigenvalue weighted by Crippen LogP contribution is 2.27. The van der Waals surface area contributed by atoms with Gasteiger partial charge in [0.15, 0.2) is 5.75 Å². The van der Waals surface area contributed by atoms with Crippen LogP contribution in [0.4, 0.5) is 18.9 Å². The summed E-state index contributed by atoms with van der Waals surface area (Å²) in [6, 6.07) is 4.02. The van der Waals surface area contributed by atoms with Gasteiger partial charge in [0.1, 0.15) is 6.54 Å². The summed E-state index contributed by atoms with van der Waals surface area (Å²) < 4.78 is 37.6. The van der Waals surface area contributed by atoms with Gasteiger partial charge in [-0.1, -0.05) is 19.9 Å². The summed E-state index contributed by atoms with van der Waals surface area (Å²) in [5.74, 6) is -1.52. The molecule has 1 aromatic rings. The lowest BCUT2D eigenvalue weighted by atomic mass is 10.1. The molecule has 0 saturated heterocycles. The average molecular weight is 290 g/mol. The zero-order valence-electron chi connectivity index (χ0n) is 11.2. The average Bonchev–Trinajstić information content (AvgIpc) is 2.28. The zero-order chi connectivity index (χ0) is 15.5. The Hall–Kier alpha value is -1.92. The highest BCUT2D eigenvalue weighted by atomic mass is 19.4. The molecule has 4 nitrogen and oxygen atoms in total. The topological polar surface area (TPSA) is 66.6 Å². The lowest BCUT2D eigenvalue weighted by molar-refractivity contribution is -0.141. The van der Waals surface area contributed by atoms with E-state index in [0.29, 0.717) is 4.90 Å². The van der Waals surface area contributed by atoms with Crippen LogP contribution in [0.3, 0.4) is 0 Å². The number of aromatic hydroxyl groups is 1. The third-order valence-electron chi connectivity index (χ3n) is 2.54. The number of benzene rings is 1. The number of amides is 1. The predicted octanol–water partition coefficient (Wildman–Crippen LogP) is 2.63. The van der Waals surface area contributed by atoms with Crippen molar-refractivity contribution in [3.63, 3.8) is 0 Å². The number of nitrogens with zero attached hydrogens (tertiary/aromatic N) is 1. The monoisotopic (exact) mass is 290 g/mol. The summed E-state index contributed by atoms with van der Waals surface area (Å²) in [5, 5.41) is 9.70. The van der Waals surface area contributed by atoms with E-state index in [1.807, 2.05) is 0 Å². The standard InChI is InChI=1S/C13H17F3N2O2/c1-8(2)6-18(7-13(14,15)16)12(20)9-4-3-5-10(17)11(9)19/h3-5,8,19H,6-7,17H2,1-2H3. The van der Waals surface area contributed by atoms with Gasteiger partial charge in [-0.2, -0.15) is 13.2 Å². The summed E-state index contributed by atoms with van der Waals surface area (Å²) in [6.45, 7) is 1.98. The SMILES string of the molecule is CC(C)CN(CC(F)(F)F)C(=O)c1cccc(N)c1O. The van der Waals surface area contributed by atoms with Gasteiger partial charge in [-0.15, -0.1) is 0 Å². The van der Waals surface area contributed by atoms with E-state index in [-0.39, 0.29) is 23.7 Å². The quantitative estimate of drug-likeness (QED) is 0.661. The first-order valence-electron chi connectivity index (χ1n) is 6.05. The first-order chi connectivity index (χ1) is 9.11. The van der Waals surface area contributed by atoms with Gasteiger partial charge in [0.25, 0.3) is 5.91 Å². The summed E-state index contributed by atoms with van der Waals surface area (Å²) in [6.07, 6.45) is -4.50.